The zero-order valence-electron chi connectivity index (χ0n) is 12.9. The fourth-order valence-corrected chi connectivity index (χ4v) is 3.47. The molecule has 0 bridgehead atoms. The van der Waals surface area contributed by atoms with Gasteiger partial charge in [0.15, 0.2) is 5.38 Å². The zero-order chi connectivity index (χ0) is 16.6. The minimum Gasteiger partial charge on any atom is -0.279 e. The Hall–Kier alpha value is -1.39. The number of alkyl halides is 1. The molecule has 2 aliphatic rings. The molecule has 1 saturated carbocycles. The van der Waals surface area contributed by atoms with Crippen LogP contribution in [0, 0.1) is 6.92 Å². The second-order valence-corrected chi connectivity index (χ2v) is 6.92. The highest BCUT2D eigenvalue weighted by atomic mass is 35.5. The molecule has 3 rings (SSSR count). The van der Waals surface area contributed by atoms with Crippen molar-refractivity contribution < 1.29 is 9.59 Å². The maximum absolute atomic E-state index is 12.6. The van der Waals surface area contributed by atoms with Crippen molar-refractivity contribution >= 4 is 46.4 Å². The average molecular weight is 353 g/mol. The summed E-state index contributed by atoms with van der Waals surface area (Å²) in [7, 11) is 0. The summed E-state index contributed by atoms with van der Waals surface area (Å²) in [6.45, 7) is 1.86. The van der Waals surface area contributed by atoms with Crippen molar-refractivity contribution in [3.63, 3.8) is 0 Å². The van der Waals surface area contributed by atoms with Gasteiger partial charge in [0.1, 0.15) is 5.71 Å². The Labute approximate surface area is 145 Å². The Morgan fingerprint density at radius 2 is 1.87 bits per heavy atom. The predicted octanol–water partition coefficient (Wildman–Crippen LogP) is 3.90. The van der Waals surface area contributed by atoms with Gasteiger partial charge in [0.2, 0.25) is 0 Å². The van der Waals surface area contributed by atoms with Gasteiger partial charge in [-0.05, 0) is 37.5 Å². The third kappa shape index (κ3) is 3.15. The summed E-state index contributed by atoms with van der Waals surface area (Å²) in [4.78, 5) is 30.6. The Kier molecular flexibility index (Phi) is 4.74. The molecule has 1 aromatic rings. The molecule has 0 aromatic heterocycles. The Morgan fingerprint density at radius 3 is 2.52 bits per heavy atom. The molecule has 1 aliphatic carbocycles. The number of amides is 2. The number of anilines is 1. The van der Waals surface area contributed by atoms with Crippen molar-refractivity contribution in [3.05, 3.63) is 28.8 Å². The van der Waals surface area contributed by atoms with E-state index in [0.717, 1.165) is 36.1 Å². The van der Waals surface area contributed by atoms with E-state index >= 15 is 0 Å². The van der Waals surface area contributed by atoms with Crippen LogP contribution in [-0.4, -0.2) is 28.9 Å². The number of hydrogen-bond donors (Lipinski definition) is 0. The second kappa shape index (κ2) is 6.62. The third-order valence-corrected chi connectivity index (χ3v) is 5.21. The number of nitrogens with zero attached hydrogens (tertiary/aromatic N) is 2. The number of rotatable bonds is 2. The van der Waals surface area contributed by atoms with Gasteiger partial charge in [0, 0.05) is 5.02 Å². The Balaban J connectivity index is 1.91. The monoisotopic (exact) mass is 352 g/mol. The molecule has 6 heteroatoms. The molecule has 122 valence electrons. The molecule has 2 fully saturated rings. The molecule has 0 N–H and O–H groups in total. The molecule has 2 amide bonds. The average Bonchev–Trinajstić information content (AvgIpc) is 2.75. The van der Waals surface area contributed by atoms with Crippen LogP contribution < -0.4 is 4.90 Å². The number of aliphatic imine (C=N–C) groups is 1. The van der Waals surface area contributed by atoms with E-state index in [0.29, 0.717) is 10.7 Å². The summed E-state index contributed by atoms with van der Waals surface area (Å²) in [5.41, 5.74) is 1.49. The molecule has 1 aromatic carbocycles. The van der Waals surface area contributed by atoms with E-state index in [4.69, 9.17) is 23.2 Å². The molecule has 1 unspecified atom stereocenters. The molecule has 1 heterocycles. The SMILES string of the molecule is Cc1ccc(N2C(=O)C(=NC3CCCCC3)C(Cl)C2=O)cc1Cl. The predicted molar refractivity (Wildman–Crippen MR) is 92.6 cm³/mol. The molecular formula is C17H18Cl2N2O2. The van der Waals surface area contributed by atoms with Crippen LogP contribution in [0.3, 0.4) is 0 Å². The lowest BCUT2D eigenvalue weighted by Gasteiger charge is -2.18. The van der Waals surface area contributed by atoms with E-state index in [9.17, 15) is 9.59 Å². The van der Waals surface area contributed by atoms with Crippen LogP contribution in [0.25, 0.3) is 0 Å². The fourth-order valence-electron chi connectivity index (χ4n) is 3.05. The van der Waals surface area contributed by atoms with E-state index in [-0.39, 0.29) is 11.8 Å². The largest absolute Gasteiger partial charge is 0.281 e. The van der Waals surface area contributed by atoms with Gasteiger partial charge in [-0.2, -0.15) is 0 Å². The molecule has 1 atom stereocenters. The Morgan fingerprint density at radius 1 is 1.17 bits per heavy atom. The van der Waals surface area contributed by atoms with Crippen LogP contribution in [0.4, 0.5) is 5.69 Å². The van der Waals surface area contributed by atoms with Gasteiger partial charge in [-0.1, -0.05) is 36.9 Å². The Bertz CT molecular complexity index is 681. The minimum absolute atomic E-state index is 0.0957. The van der Waals surface area contributed by atoms with E-state index < -0.39 is 17.2 Å². The van der Waals surface area contributed by atoms with E-state index in [1.54, 1.807) is 18.2 Å². The number of aryl methyl sites for hydroxylation is 1. The summed E-state index contributed by atoms with van der Waals surface area (Å²) in [6.07, 6.45) is 5.31. The number of carbonyl (C=O) groups excluding carboxylic acids is 2. The first-order valence-corrected chi connectivity index (χ1v) is 8.66. The highest BCUT2D eigenvalue weighted by Gasteiger charge is 2.45. The van der Waals surface area contributed by atoms with Gasteiger partial charge >= 0.3 is 0 Å². The normalized spacial score (nSPS) is 24.7. The van der Waals surface area contributed by atoms with Gasteiger partial charge in [0.25, 0.3) is 11.8 Å². The maximum atomic E-state index is 12.6. The molecule has 23 heavy (non-hydrogen) atoms. The van der Waals surface area contributed by atoms with Crippen LogP contribution >= 0.6 is 23.2 Å². The van der Waals surface area contributed by atoms with Gasteiger partial charge in [-0.25, -0.2) is 4.90 Å². The van der Waals surface area contributed by atoms with Crippen molar-refractivity contribution in [2.75, 3.05) is 4.90 Å². The second-order valence-electron chi connectivity index (χ2n) is 6.08. The molecule has 1 aliphatic heterocycles. The third-order valence-electron chi connectivity index (χ3n) is 4.41. The smallest absolute Gasteiger partial charge is 0.279 e. The quantitative estimate of drug-likeness (QED) is 0.598. The summed E-state index contributed by atoms with van der Waals surface area (Å²) in [5.74, 6) is -0.883. The number of halogens is 2. The summed E-state index contributed by atoms with van der Waals surface area (Å²) in [5, 5.41) is -0.503. The number of carbonyl (C=O) groups is 2. The molecule has 4 nitrogen and oxygen atoms in total. The fraction of sp³-hybridized carbons (Fsp3) is 0.471. The van der Waals surface area contributed by atoms with E-state index in [2.05, 4.69) is 4.99 Å². The first kappa shape index (κ1) is 16.5. The summed E-state index contributed by atoms with van der Waals surface area (Å²) in [6, 6.07) is 5.18. The topological polar surface area (TPSA) is 49.7 Å². The number of hydrogen-bond acceptors (Lipinski definition) is 3. The number of benzene rings is 1. The first-order valence-electron chi connectivity index (χ1n) is 7.85. The minimum atomic E-state index is -1.01. The van der Waals surface area contributed by atoms with E-state index in [1.807, 2.05) is 6.92 Å². The molecule has 0 radical (unpaired) electrons. The zero-order valence-corrected chi connectivity index (χ0v) is 14.4. The molecule has 0 spiro atoms. The molecule has 1 saturated heterocycles. The van der Waals surface area contributed by atoms with Crippen LogP contribution in [-0.2, 0) is 9.59 Å². The van der Waals surface area contributed by atoms with Gasteiger partial charge < -0.3 is 0 Å². The lowest BCUT2D eigenvalue weighted by molar-refractivity contribution is -0.120. The van der Waals surface area contributed by atoms with Crippen molar-refractivity contribution in [3.8, 4) is 0 Å². The molecular weight excluding hydrogens is 335 g/mol. The van der Waals surface area contributed by atoms with Crippen LogP contribution in [0.5, 0.6) is 0 Å². The van der Waals surface area contributed by atoms with Crippen molar-refractivity contribution in [2.45, 2.75) is 50.4 Å². The highest BCUT2D eigenvalue weighted by Crippen LogP contribution is 2.29. The van der Waals surface area contributed by atoms with Crippen LogP contribution in [0.1, 0.15) is 37.7 Å². The maximum Gasteiger partial charge on any atom is 0.281 e. The summed E-state index contributed by atoms with van der Waals surface area (Å²) >= 11 is 12.3. The lowest BCUT2D eigenvalue weighted by atomic mass is 9.96. The standard InChI is InChI=1S/C17H18Cl2N2O2/c1-10-7-8-12(9-13(10)18)21-16(22)14(19)15(17(21)23)20-11-5-3-2-4-6-11/h7-9,11,14H,2-6H2,1H3. The van der Waals surface area contributed by atoms with Crippen LogP contribution in [0.2, 0.25) is 5.02 Å². The van der Waals surface area contributed by atoms with Crippen LogP contribution in [0.15, 0.2) is 23.2 Å². The number of imide groups is 1. The van der Waals surface area contributed by atoms with Crippen molar-refractivity contribution in [1.29, 1.82) is 0 Å². The van der Waals surface area contributed by atoms with Crippen molar-refractivity contribution in [1.82, 2.24) is 0 Å². The van der Waals surface area contributed by atoms with Crippen molar-refractivity contribution in [2.24, 2.45) is 4.99 Å². The van der Waals surface area contributed by atoms with E-state index in [1.165, 1.54) is 6.42 Å². The first-order chi connectivity index (χ1) is 11.0. The highest BCUT2D eigenvalue weighted by molar-refractivity contribution is 6.68. The van der Waals surface area contributed by atoms with Gasteiger partial charge in [-0.15, -0.1) is 11.6 Å². The lowest BCUT2D eigenvalue weighted by Crippen LogP contribution is -2.31. The summed E-state index contributed by atoms with van der Waals surface area (Å²) < 4.78 is 0. The van der Waals surface area contributed by atoms with Gasteiger partial charge in [-0.3, -0.25) is 14.6 Å². The van der Waals surface area contributed by atoms with Gasteiger partial charge in [0.05, 0.1) is 11.7 Å².